The molecule has 0 unspecified atom stereocenters. The van der Waals surface area contributed by atoms with Gasteiger partial charge in [-0.25, -0.2) is 13.1 Å². The Balaban J connectivity index is 1.42. The molecule has 186 valence electrons. The molecule has 2 aromatic rings. The maximum atomic E-state index is 12.5. The highest BCUT2D eigenvalue weighted by Crippen LogP contribution is 2.29. The summed E-state index contributed by atoms with van der Waals surface area (Å²) in [6.07, 6.45) is 5.24. The van der Waals surface area contributed by atoms with Gasteiger partial charge in [0.25, 0.3) is 0 Å². The third-order valence-electron chi connectivity index (χ3n) is 5.93. The van der Waals surface area contributed by atoms with Gasteiger partial charge in [-0.1, -0.05) is 37.1 Å². The average molecular weight is 490 g/mol. The summed E-state index contributed by atoms with van der Waals surface area (Å²) in [6.45, 7) is 3.69. The molecule has 0 atom stereocenters. The summed E-state index contributed by atoms with van der Waals surface area (Å²) in [6, 6.07) is 12.6. The van der Waals surface area contributed by atoms with E-state index < -0.39 is 10.0 Å². The Morgan fingerprint density at radius 1 is 0.912 bits per heavy atom. The number of ether oxygens (including phenoxy) is 2. The zero-order valence-corrected chi connectivity index (χ0v) is 20.8. The molecule has 1 aliphatic heterocycles. The van der Waals surface area contributed by atoms with Crippen molar-refractivity contribution in [2.24, 2.45) is 0 Å². The minimum absolute atomic E-state index is 0.00269. The molecule has 34 heavy (non-hydrogen) atoms. The minimum Gasteiger partial charge on any atom is -0.493 e. The number of rotatable bonds is 11. The fourth-order valence-electron chi connectivity index (χ4n) is 3.97. The summed E-state index contributed by atoms with van der Waals surface area (Å²) in [4.78, 5) is 14.7. The molecule has 8 nitrogen and oxygen atoms in total. The summed E-state index contributed by atoms with van der Waals surface area (Å²) in [5.41, 5.74) is 2.29. The molecule has 0 bridgehead atoms. The van der Waals surface area contributed by atoms with E-state index in [9.17, 15) is 13.2 Å². The third kappa shape index (κ3) is 7.72. The molecule has 1 aliphatic rings. The topological polar surface area (TPSA) is 97.0 Å². The Labute approximate surface area is 202 Å². The van der Waals surface area contributed by atoms with Crippen molar-refractivity contribution in [1.29, 1.82) is 0 Å². The number of methoxy groups -OCH3 is 2. The highest BCUT2D eigenvalue weighted by Gasteiger charge is 2.17. The van der Waals surface area contributed by atoms with Crippen molar-refractivity contribution in [3.05, 3.63) is 53.6 Å². The van der Waals surface area contributed by atoms with E-state index in [2.05, 4.69) is 27.1 Å². The van der Waals surface area contributed by atoms with Gasteiger partial charge in [-0.05, 0) is 49.2 Å². The number of hydrogen-bond donors (Lipinski definition) is 2. The summed E-state index contributed by atoms with van der Waals surface area (Å²) in [7, 11) is -0.850. The summed E-state index contributed by atoms with van der Waals surface area (Å²) in [5, 5.41) is 2.85. The molecule has 0 aliphatic carbocycles. The molecule has 1 fully saturated rings. The van der Waals surface area contributed by atoms with Crippen molar-refractivity contribution in [2.45, 2.75) is 50.1 Å². The molecule has 9 heteroatoms. The Morgan fingerprint density at radius 2 is 1.56 bits per heavy atom. The minimum atomic E-state index is -3.77. The maximum Gasteiger partial charge on any atom is 0.240 e. The van der Waals surface area contributed by atoms with Crippen LogP contribution in [0.25, 0.3) is 0 Å². The first-order valence-corrected chi connectivity index (χ1v) is 13.2. The molecule has 0 spiro atoms. The monoisotopic (exact) mass is 489 g/mol. The second-order valence-electron chi connectivity index (χ2n) is 8.45. The maximum absolute atomic E-state index is 12.5. The van der Waals surface area contributed by atoms with Crippen LogP contribution in [0.15, 0.2) is 47.4 Å². The molecular formula is C25H35N3O5S. The SMILES string of the molecule is COc1ccc(S(=O)(=O)NCCC(=O)NCc2ccc(CN3CCCCCC3)cc2)cc1OC. The number of benzene rings is 2. The molecule has 1 saturated heterocycles. The highest BCUT2D eigenvalue weighted by molar-refractivity contribution is 7.89. The Morgan fingerprint density at radius 3 is 2.21 bits per heavy atom. The number of nitrogens with one attached hydrogen (secondary N) is 2. The fraction of sp³-hybridized carbons (Fsp3) is 0.480. The van der Waals surface area contributed by atoms with Crippen LogP contribution in [0, 0.1) is 0 Å². The van der Waals surface area contributed by atoms with Crippen LogP contribution in [0.1, 0.15) is 43.2 Å². The second-order valence-corrected chi connectivity index (χ2v) is 10.2. The number of amides is 1. The van der Waals surface area contributed by atoms with Crippen molar-refractivity contribution >= 4 is 15.9 Å². The van der Waals surface area contributed by atoms with Crippen LogP contribution >= 0.6 is 0 Å². The smallest absolute Gasteiger partial charge is 0.240 e. The van der Waals surface area contributed by atoms with Gasteiger partial charge < -0.3 is 14.8 Å². The number of hydrogen-bond acceptors (Lipinski definition) is 6. The lowest BCUT2D eigenvalue weighted by Gasteiger charge is -2.19. The van der Waals surface area contributed by atoms with Crippen LogP contribution in [-0.2, 0) is 27.9 Å². The molecule has 0 aromatic heterocycles. The zero-order chi connectivity index (χ0) is 24.4. The van der Waals surface area contributed by atoms with Crippen molar-refractivity contribution in [2.75, 3.05) is 33.9 Å². The molecule has 3 rings (SSSR count). The fourth-order valence-corrected chi connectivity index (χ4v) is 5.02. The molecule has 1 heterocycles. The van der Waals surface area contributed by atoms with E-state index in [1.54, 1.807) is 0 Å². The van der Waals surface area contributed by atoms with E-state index >= 15 is 0 Å². The molecular weight excluding hydrogens is 454 g/mol. The molecule has 0 saturated carbocycles. The van der Waals surface area contributed by atoms with Gasteiger partial charge in [-0.2, -0.15) is 0 Å². The summed E-state index contributed by atoms with van der Waals surface area (Å²) in [5.74, 6) is 0.542. The first-order valence-electron chi connectivity index (χ1n) is 11.7. The van der Waals surface area contributed by atoms with Crippen molar-refractivity contribution in [3.8, 4) is 11.5 Å². The van der Waals surface area contributed by atoms with E-state index in [1.165, 1.54) is 63.7 Å². The van der Waals surface area contributed by atoms with Crippen LogP contribution in [0.4, 0.5) is 0 Å². The van der Waals surface area contributed by atoms with Crippen molar-refractivity contribution in [1.82, 2.24) is 14.9 Å². The lowest BCUT2D eigenvalue weighted by Crippen LogP contribution is -2.30. The van der Waals surface area contributed by atoms with E-state index in [0.29, 0.717) is 18.0 Å². The van der Waals surface area contributed by atoms with Crippen molar-refractivity contribution in [3.63, 3.8) is 0 Å². The van der Waals surface area contributed by atoms with Crippen molar-refractivity contribution < 1.29 is 22.7 Å². The van der Waals surface area contributed by atoms with Gasteiger partial charge in [0, 0.05) is 32.1 Å². The number of sulfonamides is 1. The predicted octanol–water partition coefficient (Wildman–Crippen LogP) is 3.06. The van der Waals surface area contributed by atoms with E-state index in [1.807, 2.05) is 12.1 Å². The largest absolute Gasteiger partial charge is 0.493 e. The van der Waals surface area contributed by atoms with E-state index in [-0.39, 0.29) is 23.8 Å². The van der Waals surface area contributed by atoms with E-state index in [4.69, 9.17) is 9.47 Å². The molecule has 1 amide bonds. The van der Waals surface area contributed by atoms with Crippen LogP contribution in [0.2, 0.25) is 0 Å². The predicted molar refractivity (Wildman–Crippen MR) is 131 cm³/mol. The first kappa shape index (κ1) is 26.0. The van der Waals surface area contributed by atoms with Gasteiger partial charge in [0.15, 0.2) is 11.5 Å². The quantitative estimate of drug-likeness (QED) is 0.504. The van der Waals surface area contributed by atoms with Gasteiger partial charge in [-0.3, -0.25) is 9.69 Å². The first-order chi connectivity index (χ1) is 16.4. The number of carbonyl (C=O) groups is 1. The average Bonchev–Trinajstić information content (AvgIpc) is 3.11. The lowest BCUT2D eigenvalue weighted by atomic mass is 10.1. The van der Waals surface area contributed by atoms with Crippen LogP contribution in [0.5, 0.6) is 11.5 Å². The Hall–Kier alpha value is -2.62. The van der Waals surface area contributed by atoms with Gasteiger partial charge in [-0.15, -0.1) is 0 Å². The van der Waals surface area contributed by atoms with Gasteiger partial charge in [0.1, 0.15) is 0 Å². The van der Waals surface area contributed by atoms with Crippen LogP contribution < -0.4 is 19.5 Å². The van der Waals surface area contributed by atoms with Crippen LogP contribution in [-0.4, -0.2) is 53.1 Å². The second kappa shape index (κ2) is 12.7. The number of carbonyl (C=O) groups excluding carboxylic acids is 1. The van der Waals surface area contributed by atoms with Gasteiger partial charge in [0.05, 0.1) is 19.1 Å². The summed E-state index contributed by atoms with van der Waals surface area (Å²) >= 11 is 0. The molecule has 2 aromatic carbocycles. The van der Waals surface area contributed by atoms with Gasteiger partial charge >= 0.3 is 0 Å². The number of likely N-dealkylation sites (tertiary alicyclic amines) is 1. The zero-order valence-electron chi connectivity index (χ0n) is 20.0. The Bertz CT molecular complexity index is 1030. The van der Waals surface area contributed by atoms with Crippen LogP contribution in [0.3, 0.4) is 0 Å². The lowest BCUT2D eigenvalue weighted by molar-refractivity contribution is -0.121. The standard InChI is InChI=1S/C25H35N3O5S/c1-32-23-12-11-22(17-24(23)33-2)34(30,31)27-14-13-25(29)26-18-20-7-9-21(10-8-20)19-28-15-5-3-4-6-16-28/h7-12,17,27H,3-6,13-16,18-19H2,1-2H3,(H,26,29). The Kier molecular flexibility index (Phi) is 9.74. The third-order valence-corrected chi connectivity index (χ3v) is 7.39. The molecule has 0 radical (unpaired) electrons. The van der Waals surface area contributed by atoms with Gasteiger partial charge in [0.2, 0.25) is 15.9 Å². The summed E-state index contributed by atoms with van der Waals surface area (Å²) < 4.78 is 37.8. The number of nitrogens with zero attached hydrogens (tertiary/aromatic N) is 1. The molecule has 2 N–H and O–H groups in total. The van der Waals surface area contributed by atoms with E-state index in [0.717, 1.165) is 25.2 Å². The highest BCUT2D eigenvalue weighted by atomic mass is 32.2. The normalized spacial score (nSPS) is 14.9.